The Labute approximate surface area is 138 Å². The Kier molecular flexibility index (Phi) is 7.14. The van der Waals surface area contributed by atoms with Crippen molar-refractivity contribution in [1.29, 1.82) is 0 Å². The van der Waals surface area contributed by atoms with E-state index >= 15 is 0 Å². The molecule has 7 heteroatoms. The van der Waals surface area contributed by atoms with Crippen molar-refractivity contribution in [3.63, 3.8) is 0 Å². The second kappa shape index (κ2) is 7.89. The fourth-order valence-electron chi connectivity index (χ4n) is 1.74. The molecule has 0 bridgehead atoms. The van der Waals surface area contributed by atoms with Gasteiger partial charge in [0.15, 0.2) is 0 Å². The van der Waals surface area contributed by atoms with Gasteiger partial charge in [0.05, 0.1) is 4.90 Å². The molecule has 0 aliphatic carbocycles. The summed E-state index contributed by atoms with van der Waals surface area (Å²) in [7, 11) is 0.406. The minimum atomic E-state index is -3.47. The lowest BCUT2D eigenvalue weighted by Gasteiger charge is -2.24. The Bertz CT molecular complexity index is 547. The summed E-state index contributed by atoms with van der Waals surface area (Å²) < 4.78 is 28.4. The van der Waals surface area contributed by atoms with Crippen molar-refractivity contribution >= 4 is 41.9 Å². The van der Waals surface area contributed by atoms with Crippen LogP contribution in [-0.4, -0.2) is 51.4 Å². The van der Waals surface area contributed by atoms with Gasteiger partial charge in [-0.15, -0.1) is 0 Å². The SMILES string of the molecule is CCCN(CCN(C)C)S(=O)(=O)c1ccc(Br)cc1Br. The van der Waals surface area contributed by atoms with Crippen LogP contribution in [0.3, 0.4) is 0 Å². The molecule has 1 aromatic carbocycles. The van der Waals surface area contributed by atoms with Crippen LogP contribution in [-0.2, 0) is 10.0 Å². The Morgan fingerprint density at radius 3 is 2.25 bits per heavy atom. The lowest BCUT2D eigenvalue weighted by atomic mass is 10.4. The van der Waals surface area contributed by atoms with Crippen LogP contribution in [0.2, 0.25) is 0 Å². The number of nitrogens with zero attached hydrogens (tertiary/aromatic N) is 2. The molecule has 0 atom stereocenters. The summed E-state index contributed by atoms with van der Waals surface area (Å²) in [6.07, 6.45) is 0.792. The molecule has 0 N–H and O–H groups in total. The van der Waals surface area contributed by atoms with Gasteiger partial charge in [-0.3, -0.25) is 0 Å². The molecule has 20 heavy (non-hydrogen) atoms. The third-order valence-electron chi connectivity index (χ3n) is 2.78. The van der Waals surface area contributed by atoms with Crippen LogP contribution in [0.1, 0.15) is 13.3 Å². The summed E-state index contributed by atoms with van der Waals surface area (Å²) >= 11 is 6.67. The smallest absolute Gasteiger partial charge is 0.244 e. The second-order valence-corrected chi connectivity index (χ2v) is 8.46. The summed E-state index contributed by atoms with van der Waals surface area (Å²) in [5.74, 6) is 0. The van der Waals surface area contributed by atoms with E-state index in [0.29, 0.717) is 29.0 Å². The highest BCUT2D eigenvalue weighted by molar-refractivity contribution is 9.11. The minimum Gasteiger partial charge on any atom is -0.308 e. The third-order valence-corrected chi connectivity index (χ3v) is 6.15. The number of hydrogen-bond donors (Lipinski definition) is 0. The summed E-state index contributed by atoms with van der Waals surface area (Å²) in [5.41, 5.74) is 0. The van der Waals surface area contributed by atoms with Crippen molar-refractivity contribution in [3.05, 3.63) is 27.1 Å². The fourth-order valence-corrected chi connectivity index (χ4v) is 4.97. The molecule has 4 nitrogen and oxygen atoms in total. The zero-order valence-electron chi connectivity index (χ0n) is 11.9. The maximum absolute atomic E-state index is 12.7. The molecule has 0 fully saturated rings. The molecule has 0 amide bonds. The van der Waals surface area contributed by atoms with Gasteiger partial charge in [-0.25, -0.2) is 8.42 Å². The molecule has 0 heterocycles. The van der Waals surface area contributed by atoms with E-state index in [0.717, 1.165) is 10.9 Å². The Balaban J connectivity index is 3.08. The first-order chi connectivity index (χ1) is 9.28. The quantitative estimate of drug-likeness (QED) is 0.670. The van der Waals surface area contributed by atoms with Crippen LogP contribution in [0, 0.1) is 0 Å². The largest absolute Gasteiger partial charge is 0.308 e. The van der Waals surface area contributed by atoms with Crippen molar-refractivity contribution in [3.8, 4) is 0 Å². The molecule has 0 radical (unpaired) electrons. The van der Waals surface area contributed by atoms with Crippen molar-refractivity contribution in [2.45, 2.75) is 18.2 Å². The molecule has 0 aliphatic heterocycles. The van der Waals surface area contributed by atoms with Crippen LogP contribution in [0.4, 0.5) is 0 Å². The van der Waals surface area contributed by atoms with E-state index in [9.17, 15) is 8.42 Å². The van der Waals surface area contributed by atoms with E-state index in [1.165, 1.54) is 0 Å². The van der Waals surface area contributed by atoms with E-state index in [2.05, 4.69) is 31.9 Å². The van der Waals surface area contributed by atoms with Gasteiger partial charge in [-0.2, -0.15) is 4.31 Å². The van der Waals surface area contributed by atoms with Crippen molar-refractivity contribution in [2.24, 2.45) is 0 Å². The molecule has 0 saturated carbocycles. The monoisotopic (exact) mass is 426 g/mol. The number of hydrogen-bond acceptors (Lipinski definition) is 3. The Morgan fingerprint density at radius 2 is 1.75 bits per heavy atom. The maximum Gasteiger partial charge on any atom is 0.244 e. The first kappa shape index (κ1) is 18.1. The summed E-state index contributed by atoms with van der Waals surface area (Å²) in [6.45, 7) is 3.70. The number of sulfonamides is 1. The lowest BCUT2D eigenvalue weighted by molar-refractivity contribution is 0.333. The third kappa shape index (κ3) is 4.80. The predicted molar refractivity (Wildman–Crippen MR) is 89.4 cm³/mol. The lowest BCUT2D eigenvalue weighted by Crippen LogP contribution is -2.37. The molecule has 114 valence electrons. The predicted octanol–water partition coefficient (Wildman–Crippen LogP) is 3.17. The second-order valence-electron chi connectivity index (χ2n) is 4.78. The van der Waals surface area contributed by atoms with Crippen LogP contribution in [0.25, 0.3) is 0 Å². The van der Waals surface area contributed by atoms with E-state index in [4.69, 9.17) is 0 Å². The van der Waals surface area contributed by atoms with Crippen LogP contribution in [0.15, 0.2) is 32.0 Å². The standard InChI is InChI=1S/C13H20Br2N2O2S/c1-4-7-17(9-8-16(2)3)20(18,19)13-6-5-11(14)10-12(13)15/h5-6,10H,4,7-9H2,1-3H3. The highest BCUT2D eigenvalue weighted by atomic mass is 79.9. The summed E-state index contributed by atoms with van der Waals surface area (Å²) in [4.78, 5) is 2.29. The van der Waals surface area contributed by atoms with Gasteiger partial charge in [0, 0.05) is 28.6 Å². The molecular formula is C13H20Br2N2O2S. The van der Waals surface area contributed by atoms with Gasteiger partial charge in [0.25, 0.3) is 0 Å². The number of likely N-dealkylation sites (N-methyl/N-ethyl adjacent to an activating group) is 1. The molecule has 0 aliphatic rings. The number of rotatable bonds is 7. The Hall–Kier alpha value is 0.0500. The molecule has 1 aromatic rings. The average molecular weight is 428 g/mol. The zero-order valence-corrected chi connectivity index (χ0v) is 15.9. The van der Waals surface area contributed by atoms with Gasteiger partial charge in [-0.05, 0) is 54.6 Å². The highest BCUT2D eigenvalue weighted by Gasteiger charge is 2.25. The van der Waals surface area contributed by atoms with Gasteiger partial charge in [0.2, 0.25) is 10.0 Å². The zero-order chi connectivity index (χ0) is 15.3. The van der Waals surface area contributed by atoms with Gasteiger partial charge in [-0.1, -0.05) is 22.9 Å². The normalized spacial score (nSPS) is 12.3. The van der Waals surface area contributed by atoms with Gasteiger partial charge >= 0.3 is 0 Å². The van der Waals surface area contributed by atoms with E-state index in [1.807, 2.05) is 25.9 Å². The topological polar surface area (TPSA) is 40.6 Å². The van der Waals surface area contributed by atoms with Gasteiger partial charge < -0.3 is 4.90 Å². The van der Waals surface area contributed by atoms with E-state index in [-0.39, 0.29) is 0 Å². The van der Waals surface area contributed by atoms with Crippen LogP contribution < -0.4 is 0 Å². The molecule has 0 aromatic heterocycles. The Morgan fingerprint density at radius 1 is 1.10 bits per heavy atom. The van der Waals surface area contributed by atoms with E-state index < -0.39 is 10.0 Å². The summed E-state index contributed by atoms with van der Waals surface area (Å²) in [5, 5.41) is 0. The number of halogens is 2. The van der Waals surface area contributed by atoms with Crippen LogP contribution in [0.5, 0.6) is 0 Å². The molecule has 1 rings (SSSR count). The molecule has 0 unspecified atom stereocenters. The molecular weight excluding hydrogens is 408 g/mol. The minimum absolute atomic E-state index is 0.313. The van der Waals surface area contributed by atoms with E-state index in [1.54, 1.807) is 22.5 Å². The first-order valence-electron chi connectivity index (χ1n) is 6.39. The number of benzene rings is 1. The fraction of sp³-hybridized carbons (Fsp3) is 0.538. The van der Waals surface area contributed by atoms with Crippen molar-refractivity contribution in [1.82, 2.24) is 9.21 Å². The van der Waals surface area contributed by atoms with Crippen LogP contribution >= 0.6 is 31.9 Å². The highest BCUT2D eigenvalue weighted by Crippen LogP contribution is 2.28. The first-order valence-corrected chi connectivity index (χ1v) is 9.41. The van der Waals surface area contributed by atoms with Gasteiger partial charge in [0.1, 0.15) is 0 Å². The molecule has 0 spiro atoms. The maximum atomic E-state index is 12.7. The molecule has 0 saturated heterocycles. The average Bonchev–Trinajstić information content (AvgIpc) is 2.33. The van der Waals surface area contributed by atoms with Crippen molar-refractivity contribution < 1.29 is 8.42 Å². The van der Waals surface area contributed by atoms with Crippen molar-refractivity contribution in [2.75, 3.05) is 33.7 Å². The summed E-state index contributed by atoms with van der Waals surface area (Å²) in [6, 6.07) is 5.12.